The van der Waals surface area contributed by atoms with Gasteiger partial charge in [0, 0.05) is 18.5 Å². The average Bonchev–Trinajstić information content (AvgIpc) is 3.07. The zero-order valence-electron chi connectivity index (χ0n) is 13.3. The quantitative estimate of drug-likeness (QED) is 0.912. The van der Waals surface area contributed by atoms with Crippen LogP contribution >= 0.6 is 0 Å². The van der Waals surface area contributed by atoms with Crippen molar-refractivity contribution in [1.29, 1.82) is 0 Å². The first-order valence-electron chi connectivity index (χ1n) is 7.79. The molecule has 1 aliphatic heterocycles. The Morgan fingerprint density at radius 1 is 1.26 bits per heavy atom. The van der Waals surface area contributed by atoms with Crippen LogP contribution in [-0.4, -0.2) is 37.0 Å². The number of amides is 2. The van der Waals surface area contributed by atoms with Crippen molar-refractivity contribution in [3.05, 3.63) is 29.3 Å². The van der Waals surface area contributed by atoms with Crippen LogP contribution in [0.15, 0.2) is 18.2 Å². The number of carbonyl (C=O) groups excluding carboxylic acids is 3. The lowest BCUT2D eigenvalue weighted by molar-refractivity contribution is -0.120. The van der Waals surface area contributed by atoms with E-state index in [0.717, 1.165) is 24.1 Å². The fourth-order valence-electron chi connectivity index (χ4n) is 3.16. The van der Waals surface area contributed by atoms with Crippen LogP contribution in [-0.2, 0) is 27.2 Å². The highest BCUT2D eigenvalue weighted by Gasteiger charge is 2.33. The number of hydrogen-bond acceptors (Lipinski definition) is 4. The second kappa shape index (κ2) is 6.02. The van der Waals surface area contributed by atoms with Crippen LogP contribution in [0.4, 0.5) is 10.5 Å². The van der Waals surface area contributed by atoms with Gasteiger partial charge in [0.1, 0.15) is 11.9 Å². The van der Waals surface area contributed by atoms with Gasteiger partial charge < -0.3 is 10.1 Å². The second-order valence-corrected chi connectivity index (χ2v) is 6.22. The van der Waals surface area contributed by atoms with E-state index in [1.165, 1.54) is 12.5 Å². The first kappa shape index (κ1) is 15.5. The molecule has 1 aromatic carbocycles. The third-order valence-electron chi connectivity index (χ3n) is 4.46. The lowest BCUT2D eigenvalue weighted by Crippen LogP contribution is -2.33. The summed E-state index contributed by atoms with van der Waals surface area (Å²) >= 11 is 0. The predicted molar refractivity (Wildman–Crippen MR) is 84.3 cm³/mol. The minimum Gasteiger partial charge on any atom is -0.442 e. The smallest absolute Gasteiger partial charge is 0.414 e. The number of ether oxygens (including phenoxy) is 1. The van der Waals surface area contributed by atoms with Crippen molar-refractivity contribution in [3.63, 3.8) is 0 Å². The van der Waals surface area contributed by atoms with Gasteiger partial charge in [-0.3, -0.25) is 14.5 Å². The monoisotopic (exact) mass is 316 g/mol. The van der Waals surface area contributed by atoms with Crippen LogP contribution in [0.3, 0.4) is 0 Å². The van der Waals surface area contributed by atoms with E-state index in [2.05, 4.69) is 5.32 Å². The van der Waals surface area contributed by atoms with Crippen molar-refractivity contribution >= 4 is 23.5 Å². The number of nitrogens with zero attached hydrogens (tertiary/aromatic N) is 1. The molecule has 0 aromatic heterocycles. The Morgan fingerprint density at radius 3 is 2.70 bits per heavy atom. The Morgan fingerprint density at radius 2 is 2.00 bits per heavy atom. The van der Waals surface area contributed by atoms with Gasteiger partial charge in [-0.05, 0) is 43.0 Å². The molecule has 0 saturated carbocycles. The van der Waals surface area contributed by atoms with E-state index in [0.29, 0.717) is 13.1 Å². The van der Waals surface area contributed by atoms with Gasteiger partial charge in [-0.15, -0.1) is 0 Å². The van der Waals surface area contributed by atoms with Crippen molar-refractivity contribution in [3.8, 4) is 0 Å². The number of hydrogen-bond donors (Lipinski definition) is 1. The molecular weight excluding hydrogens is 296 g/mol. The van der Waals surface area contributed by atoms with Gasteiger partial charge in [0.05, 0.1) is 13.1 Å². The molecule has 0 spiro atoms. The predicted octanol–water partition coefficient (Wildman–Crippen LogP) is 1.45. The Hall–Kier alpha value is -2.37. The Bertz CT molecular complexity index is 671. The first-order chi connectivity index (χ1) is 10.9. The van der Waals surface area contributed by atoms with Crippen LogP contribution in [0.5, 0.6) is 0 Å². The minimum absolute atomic E-state index is 0.0540. The van der Waals surface area contributed by atoms with Crippen LogP contribution in [0.25, 0.3) is 0 Å². The molecule has 122 valence electrons. The Labute approximate surface area is 134 Å². The zero-order chi connectivity index (χ0) is 16.6. The number of ketones is 1. The van der Waals surface area contributed by atoms with E-state index in [1.807, 2.05) is 18.2 Å². The highest BCUT2D eigenvalue weighted by molar-refractivity contribution is 5.90. The van der Waals surface area contributed by atoms with Crippen LogP contribution in [0, 0.1) is 5.92 Å². The summed E-state index contributed by atoms with van der Waals surface area (Å²) in [6.07, 6.45) is 0.767. The number of carbonyl (C=O) groups is 3. The summed E-state index contributed by atoms with van der Waals surface area (Å²) in [5, 5.41) is 2.66. The fourth-order valence-corrected chi connectivity index (χ4v) is 3.16. The first-order valence-corrected chi connectivity index (χ1v) is 7.79. The summed E-state index contributed by atoms with van der Waals surface area (Å²) in [6, 6.07) is 5.85. The summed E-state index contributed by atoms with van der Waals surface area (Å²) < 4.78 is 5.28. The SMILES string of the molecule is CC(=O)NCC1CN(c2ccc3c(c2)CC(C(C)=O)C3)C(=O)O1. The molecule has 2 aliphatic rings. The van der Waals surface area contributed by atoms with Gasteiger partial charge >= 0.3 is 6.09 Å². The summed E-state index contributed by atoms with van der Waals surface area (Å²) in [6.45, 7) is 3.78. The van der Waals surface area contributed by atoms with E-state index in [4.69, 9.17) is 4.74 Å². The molecule has 1 heterocycles. The molecule has 1 aromatic rings. The van der Waals surface area contributed by atoms with E-state index in [-0.39, 0.29) is 23.7 Å². The molecule has 1 saturated heterocycles. The molecule has 6 heteroatoms. The van der Waals surface area contributed by atoms with Gasteiger partial charge in [0.2, 0.25) is 5.91 Å². The summed E-state index contributed by atoms with van der Waals surface area (Å²) in [7, 11) is 0. The third-order valence-corrected chi connectivity index (χ3v) is 4.46. The molecule has 2 amide bonds. The third kappa shape index (κ3) is 3.21. The molecule has 1 fully saturated rings. The maximum atomic E-state index is 12.0. The topological polar surface area (TPSA) is 75.7 Å². The van der Waals surface area contributed by atoms with Crippen molar-refractivity contribution < 1.29 is 19.1 Å². The number of anilines is 1. The van der Waals surface area contributed by atoms with E-state index in [1.54, 1.807) is 11.8 Å². The highest BCUT2D eigenvalue weighted by Crippen LogP contribution is 2.32. The van der Waals surface area contributed by atoms with Crippen LogP contribution < -0.4 is 10.2 Å². The molecule has 1 N–H and O–H groups in total. The van der Waals surface area contributed by atoms with Crippen molar-refractivity contribution in [2.45, 2.75) is 32.8 Å². The molecule has 6 nitrogen and oxygen atoms in total. The maximum absolute atomic E-state index is 12.0. The lowest BCUT2D eigenvalue weighted by Gasteiger charge is -2.14. The van der Waals surface area contributed by atoms with Crippen molar-refractivity contribution in [2.75, 3.05) is 18.0 Å². The molecule has 0 radical (unpaired) electrons. The number of fused-ring (bicyclic) bond motifs is 1. The number of cyclic esters (lactones) is 1. The number of benzene rings is 1. The minimum atomic E-state index is -0.401. The molecule has 1 aliphatic carbocycles. The van der Waals surface area contributed by atoms with E-state index >= 15 is 0 Å². The van der Waals surface area contributed by atoms with Crippen molar-refractivity contribution in [1.82, 2.24) is 5.32 Å². The lowest BCUT2D eigenvalue weighted by atomic mass is 10.0. The summed E-state index contributed by atoms with van der Waals surface area (Å²) in [5.41, 5.74) is 3.08. The number of rotatable bonds is 4. The Kier molecular flexibility index (Phi) is 4.07. The van der Waals surface area contributed by atoms with Crippen LogP contribution in [0.1, 0.15) is 25.0 Å². The van der Waals surface area contributed by atoms with Gasteiger partial charge in [0.15, 0.2) is 0 Å². The molecular formula is C17H20N2O4. The fraction of sp³-hybridized carbons (Fsp3) is 0.471. The zero-order valence-corrected chi connectivity index (χ0v) is 13.3. The van der Waals surface area contributed by atoms with Gasteiger partial charge in [-0.25, -0.2) is 4.79 Å². The van der Waals surface area contributed by atoms with Gasteiger partial charge in [0.25, 0.3) is 0 Å². The molecule has 0 bridgehead atoms. The summed E-state index contributed by atoms with van der Waals surface area (Å²) in [4.78, 5) is 36.1. The number of nitrogens with one attached hydrogen (secondary N) is 1. The molecule has 2 atom stereocenters. The second-order valence-electron chi connectivity index (χ2n) is 6.22. The van der Waals surface area contributed by atoms with E-state index < -0.39 is 6.09 Å². The molecule has 3 rings (SSSR count). The number of Topliss-reactive ketones (excluding diaryl/α,β-unsaturated/α-hetero) is 1. The Balaban J connectivity index is 1.71. The van der Waals surface area contributed by atoms with E-state index in [9.17, 15) is 14.4 Å². The normalized spacial score (nSPS) is 22.7. The standard InChI is InChI=1S/C17H20N2O4/c1-10(20)13-5-12-3-4-15(7-14(12)6-13)19-9-16(23-17(19)22)8-18-11(2)21/h3-4,7,13,16H,5-6,8-9H2,1-2H3,(H,18,21). The average molecular weight is 316 g/mol. The van der Waals surface area contributed by atoms with Gasteiger partial charge in [-0.2, -0.15) is 0 Å². The summed E-state index contributed by atoms with van der Waals surface area (Å²) in [5.74, 6) is 0.115. The maximum Gasteiger partial charge on any atom is 0.414 e. The highest BCUT2D eigenvalue weighted by atomic mass is 16.6. The van der Waals surface area contributed by atoms with Crippen LogP contribution in [0.2, 0.25) is 0 Å². The van der Waals surface area contributed by atoms with Crippen molar-refractivity contribution in [2.24, 2.45) is 5.92 Å². The molecule has 23 heavy (non-hydrogen) atoms. The van der Waals surface area contributed by atoms with Gasteiger partial charge in [-0.1, -0.05) is 6.07 Å². The largest absolute Gasteiger partial charge is 0.442 e. The molecule has 2 unspecified atom stereocenters.